The monoisotopic (exact) mass is 286 g/mol. The van der Waals surface area contributed by atoms with Crippen LogP contribution >= 0.6 is 11.6 Å². The molecule has 6 heteroatoms. The van der Waals surface area contributed by atoms with Crippen molar-refractivity contribution in [3.05, 3.63) is 63.8 Å². The van der Waals surface area contributed by atoms with Crippen LogP contribution in [-0.4, -0.2) is 15.0 Å². The van der Waals surface area contributed by atoms with E-state index in [0.29, 0.717) is 17.4 Å². The Labute approximate surface area is 119 Å². The van der Waals surface area contributed by atoms with Gasteiger partial charge in [0.25, 0.3) is 0 Å². The highest BCUT2D eigenvalue weighted by atomic mass is 35.5. The van der Waals surface area contributed by atoms with E-state index in [2.05, 4.69) is 20.3 Å². The van der Waals surface area contributed by atoms with Gasteiger partial charge in [-0.3, -0.25) is 4.79 Å². The van der Waals surface area contributed by atoms with Crippen LogP contribution in [0.3, 0.4) is 0 Å². The maximum absolute atomic E-state index is 11.6. The number of benzene rings is 1. The van der Waals surface area contributed by atoms with Crippen LogP contribution in [0.15, 0.2) is 47.7 Å². The zero-order chi connectivity index (χ0) is 13.9. The number of aromatic amines is 1. The third-order valence-electron chi connectivity index (χ3n) is 2.95. The fourth-order valence-corrected chi connectivity index (χ4v) is 2.22. The van der Waals surface area contributed by atoms with Gasteiger partial charge in [0.15, 0.2) is 0 Å². The highest BCUT2D eigenvalue weighted by Crippen LogP contribution is 2.19. The van der Waals surface area contributed by atoms with Crippen molar-refractivity contribution >= 4 is 28.3 Å². The lowest BCUT2D eigenvalue weighted by molar-refractivity contribution is 1.08. The summed E-state index contributed by atoms with van der Waals surface area (Å²) < 4.78 is 0. The van der Waals surface area contributed by atoms with Crippen molar-refractivity contribution in [3.63, 3.8) is 0 Å². The Morgan fingerprint density at radius 3 is 3.00 bits per heavy atom. The molecule has 0 saturated carbocycles. The van der Waals surface area contributed by atoms with Crippen molar-refractivity contribution in [3.8, 4) is 0 Å². The summed E-state index contributed by atoms with van der Waals surface area (Å²) in [6.07, 6.45) is 2.94. The van der Waals surface area contributed by atoms with Gasteiger partial charge in [0, 0.05) is 23.5 Å². The Bertz CT molecular complexity index is 815. The van der Waals surface area contributed by atoms with Gasteiger partial charge in [-0.15, -0.1) is 0 Å². The molecule has 5 nitrogen and oxygen atoms in total. The van der Waals surface area contributed by atoms with E-state index >= 15 is 0 Å². The quantitative estimate of drug-likeness (QED) is 0.776. The molecule has 0 amide bonds. The molecule has 0 aliphatic heterocycles. The van der Waals surface area contributed by atoms with Gasteiger partial charge in [0.1, 0.15) is 17.2 Å². The molecule has 2 heterocycles. The van der Waals surface area contributed by atoms with Gasteiger partial charge in [0.2, 0.25) is 5.56 Å². The first-order valence-corrected chi connectivity index (χ1v) is 6.42. The Morgan fingerprint density at radius 2 is 2.15 bits per heavy atom. The Hall–Kier alpha value is -2.40. The number of aromatic nitrogens is 3. The molecule has 0 bridgehead atoms. The van der Waals surface area contributed by atoms with E-state index in [9.17, 15) is 4.79 Å². The average Bonchev–Trinajstić information content (AvgIpc) is 2.46. The van der Waals surface area contributed by atoms with Crippen LogP contribution < -0.4 is 10.9 Å². The minimum absolute atomic E-state index is 0.130. The number of nitrogens with zero attached hydrogens (tertiary/aromatic N) is 2. The first-order chi connectivity index (χ1) is 9.74. The Kier molecular flexibility index (Phi) is 3.35. The van der Waals surface area contributed by atoms with Crippen LogP contribution in [0.25, 0.3) is 10.9 Å². The summed E-state index contributed by atoms with van der Waals surface area (Å²) in [4.78, 5) is 22.3. The lowest BCUT2D eigenvalue weighted by Gasteiger charge is -2.09. The molecule has 0 saturated heterocycles. The highest BCUT2D eigenvalue weighted by molar-refractivity contribution is 6.32. The van der Waals surface area contributed by atoms with Gasteiger partial charge in [0.05, 0.1) is 6.20 Å². The van der Waals surface area contributed by atoms with E-state index in [1.165, 1.54) is 12.5 Å². The fourth-order valence-electron chi connectivity index (χ4n) is 2.04. The topological polar surface area (TPSA) is 70.7 Å². The number of hydrogen-bond donors (Lipinski definition) is 2. The van der Waals surface area contributed by atoms with Crippen LogP contribution in [0.5, 0.6) is 0 Å². The lowest BCUT2D eigenvalue weighted by Crippen LogP contribution is -2.10. The Morgan fingerprint density at radius 1 is 1.30 bits per heavy atom. The molecule has 2 N–H and O–H groups in total. The van der Waals surface area contributed by atoms with E-state index in [-0.39, 0.29) is 5.56 Å². The first kappa shape index (κ1) is 12.6. The molecule has 2 aromatic heterocycles. The summed E-state index contributed by atoms with van der Waals surface area (Å²) in [5.74, 6) is 0.547. The molecular formula is C14H11ClN4O. The third kappa shape index (κ3) is 2.48. The molecule has 0 aliphatic carbocycles. The summed E-state index contributed by atoms with van der Waals surface area (Å²) in [5.41, 5.74) is 1.57. The number of pyridine rings is 1. The number of rotatable bonds is 3. The van der Waals surface area contributed by atoms with Gasteiger partial charge in [-0.1, -0.05) is 29.8 Å². The van der Waals surface area contributed by atoms with E-state index in [1.54, 1.807) is 6.07 Å². The first-order valence-electron chi connectivity index (χ1n) is 6.04. The van der Waals surface area contributed by atoms with E-state index in [1.807, 2.05) is 24.3 Å². The summed E-state index contributed by atoms with van der Waals surface area (Å²) >= 11 is 5.98. The minimum atomic E-state index is -0.130. The molecule has 20 heavy (non-hydrogen) atoms. The average molecular weight is 287 g/mol. The summed E-state index contributed by atoms with van der Waals surface area (Å²) in [6, 6.07) is 9.23. The SMILES string of the molecule is O=c1cc(CNc2ncncc2Cl)c2ccccc2[nH]1. The van der Waals surface area contributed by atoms with E-state index in [0.717, 1.165) is 16.5 Å². The standard InChI is InChI=1S/C14H11ClN4O/c15-11-7-16-8-18-14(11)17-6-9-5-13(20)19-12-4-2-1-3-10(9)12/h1-5,7-8H,6H2,(H,19,20)(H,16,17,18). The molecule has 0 unspecified atom stereocenters. The van der Waals surface area contributed by atoms with Gasteiger partial charge in [-0.25, -0.2) is 9.97 Å². The van der Waals surface area contributed by atoms with Crippen LogP contribution in [0.1, 0.15) is 5.56 Å². The van der Waals surface area contributed by atoms with Crippen LogP contribution in [-0.2, 0) is 6.54 Å². The van der Waals surface area contributed by atoms with Gasteiger partial charge in [-0.2, -0.15) is 0 Å². The maximum atomic E-state index is 11.6. The predicted molar refractivity (Wildman–Crippen MR) is 78.9 cm³/mol. The molecule has 0 atom stereocenters. The van der Waals surface area contributed by atoms with Crippen molar-refractivity contribution < 1.29 is 0 Å². The molecular weight excluding hydrogens is 276 g/mol. The van der Waals surface area contributed by atoms with Crippen molar-refractivity contribution in [2.75, 3.05) is 5.32 Å². The molecule has 0 aliphatic rings. The molecule has 100 valence electrons. The van der Waals surface area contributed by atoms with Crippen molar-refractivity contribution in [1.82, 2.24) is 15.0 Å². The number of hydrogen-bond acceptors (Lipinski definition) is 4. The van der Waals surface area contributed by atoms with Crippen LogP contribution in [0.2, 0.25) is 5.02 Å². The van der Waals surface area contributed by atoms with Gasteiger partial charge in [-0.05, 0) is 11.6 Å². The largest absolute Gasteiger partial charge is 0.365 e. The van der Waals surface area contributed by atoms with Crippen molar-refractivity contribution in [2.24, 2.45) is 0 Å². The fraction of sp³-hybridized carbons (Fsp3) is 0.0714. The second-order valence-electron chi connectivity index (χ2n) is 4.28. The number of anilines is 1. The van der Waals surface area contributed by atoms with E-state index < -0.39 is 0 Å². The number of para-hydroxylation sites is 1. The smallest absolute Gasteiger partial charge is 0.248 e. The van der Waals surface area contributed by atoms with E-state index in [4.69, 9.17) is 11.6 Å². The second kappa shape index (κ2) is 5.30. The number of halogens is 1. The normalized spacial score (nSPS) is 10.7. The maximum Gasteiger partial charge on any atom is 0.248 e. The number of fused-ring (bicyclic) bond motifs is 1. The summed E-state index contributed by atoms with van der Waals surface area (Å²) in [5, 5.41) is 4.55. The molecule has 0 fully saturated rings. The second-order valence-corrected chi connectivity index (χ2v) is 4.68. The summed E-state index contributed by atoms with van der Waals surface area (Å²) in [6.45, 7) is 0.459. The number of H-pyrrole nitrogens is 1. The molecule has 0 radical (unpaired) electrons. The van der Waals surface area contributed by atoms with Crippen molar-refractivity contribution in [1.29, 1.82) is 0 Å². The van der Waals surface area contributed by atoms with Crippen LogP contribution in [0.4, 0.5) is 5.82 Å². The summed E-state index contributed by atoms with van der Waals surface area (Å²) in [7, 11) is 0. The zero-order valence-corrected chi connectivity index (χ0v) is 11.2. The lowest BCUT2D eigenvalue weighted by atomic mass is 10.1. The van der Waals surface area contributed by atoms with Crippen molar-refractivity contribution in [2.45, 2.75) is 6.54 Å². The zero-order valence-electron chi connectivity index (χ0n) is 10.4. The minimum Gasteiger partial charge on any atom is -0.365 e. The van der Waals surface area contributed by atoms with Crippen LogP contribution in [0, 0.1) is 0 Å². The molecule has 0 spiro atoms. The van der Waals surface area contributed by atoms with Gasteiger partial charge >= 0.3 is 0 Å². The molecule has 3 aromatic rings. The highest BCUT2D eigenvalue weighted by Gasteiger charge is 2.05. The molecule has 3 rings (SSSR count). The Balaban J connectivity index is 1.95. The predicted octanol–water partition coefficient (Wildman–Crippen LogP) is 2.58. The molecule has 1 aromatic carbocycles. The third-order valence-corrected chi connectivity index (χ3v) is 3.23. The van der Waals surface area contributed by atoms with Gasteiger partial charge < -0.3 is 10.3 Å². The number of nitrogens with one attached hydrogen (secondary N) is 2.